The predicted octanol–water partition coefficient (Wildman–Crippen LogP) is 2.37. The molecule has 1 aliphatic carbocycles. The van der Waals surface area contributed by atoms with Gasteiger partial charge in [-0.2, -0.15) is 0 Å². The zero-order valence-electron chi connectivity index (χ0n) is 11.9. The standard InChI is InChI=1S/C15H20N4S/c1-16-10-6-7-19(8-10)15-14-13(17-9-18-15)11-4-2-3-5-12(11)20-14/h9-10,16H,2-8H2,1H3/t10-/m0/s1. The number of aryl methyl sites for hydroxylation is 2. The van der Waals surface area contributed by atoms with E-state index in [0.717, 1.165) is 18.9 Å². The lowest BCUT2D eigenvalue weighted by molar-refractivity contribution is 0.616. The summed E-state index contributed by atoms with van der Waals surface area (Å²) < 4.78 is 1.32. The van der Waals surface area contributed by atoms with Crippen molar-refractivity contribution in [1.82, 2.24) is 15.3 Å². The molecule has 4 rings (SSSR count). The molecule has 0 amide bonds. The summed E-state index contributed by atoms with van der Waals surface area (Å²) in [7, 11) is 2.05. The third-order valence-corrected chi connectivity index (χ3v) is 5.89. The lowest BCUT2D eigenvalue weighted by Gasteiger charge is -2.17. The summed E-state index contributed by atoms with van der Waals surface area (Å²) in [5, 5.41) is 3.38. The summed E-state index contributed by atoms with van der Waals surface area (Å²) in [6.07, 6.45) is 8.02. The Morgan fingerprint density at radius 1 is 1.30 bits per heavy atom. The molecule has 0 spiro atoms. The number of anilines is 1. The molecule has 1 saturated heterocycles. The van der Waals surface area contributed by atoms with Crippen molar-refractivity contribution in [3.8, 4) is 0 Å². The summed E-state index contributed by atoms with van der Waals surface area (Å²) in [5.74, 6) is 1.16. The van der Waals surface area contributed by atoms with Crippen LogP contribution >= 0.6 is 11.3 Å². The fourth-order valence-corrected chi connectivity index (χ4v) is 4.81. The lowest BCUT2D eigenvalue weighted by Crippen LogP contribution is -2.29. The summed E-state index contributed by atoms with van der Waals surface area (Å²) in [6, 6.07) is 0.592. The number of hydrogen-bond donors (Lipinski definition) is 1. The van der Waals surface area contributed by atoms with Crippen molar-refractivity contribution in [3.05, 3.63) is 16.8 Å². The van der Waals surface area contributed by atoms with Gasteiger partial charge in [0.15, 0.2) is 0 Å². The van der Waals surface area contributed by atoms with E-state index in [1.54, 1.807) is 11.2 Å². The van der Waals surface area contributed by atoms with E-state index in [2.05, 4.69) is 20.2 Å². The second-order valence-electron chi connectivity index (χ2n) is 5.81. The predicted molar refractivity (Wildman–Crippen MR) is 83.7 cm³/mol. The van der Waals surface area contributed by atoms with Gasteiger partial charge < -0.3 is 10.2 Å². The van der Waals surface area contributed by atoms with Gasteiger partial charge in [0, 0.05) is 24.0 Å². The number of fused-ring (bicyclic) bond motifs is 3. The molecular weight excluding hydrogens is 268 g/mol. The third kappa shape index (κ3) is 1.91. The third-order valence-electron chi connectivity index (χ3n) is 4.61. The number of aromatic nitrogens is 2. The van der Waals surface area contributed by atoms with Crippen LogP contribution in [0.4, 0.5) is 5.82 Å². The average molecular weight is 288 g/mol. The van der Waals surface area contributed by atoms with Crippen LogP contribution in [0.25, 0.3) is 10.2 Å². The van der Waals surface area contributed by atoms with Gasteiger partial charge in [-0.25, -0.2) is 9.97 Å². The minimum atomic E-state index is 0.592. The Bertz CT molecular complexity index is 636. The van der Waals surface area contributed by atoms with Crippen LogP contribution in [0.1, 0.15) is 29.7 Å². The molecule has 4 nitrogen and oxygen atoms in total. The smallest absolute Gasteiger partial charge is 0.150 e. The Morgan fingerprint density at radius 3 is 3.05 bits per heavy atom. The molecule has 0 radical (unpaired) electrons. The van der Waals surface area contributed by atoms with Gasteiger partial charge in [0.1, 0.15) is 12.1 Å². The molecule has 5 heteroatoms. The highest BCUT2D eigenvalue weighted by Gasteiger charge is 2.26. The molecule has 0 saturated carbocycles. The van der Waals surface area contributed by atoms with E-state index in [1.165, 1.54) is 47.9 Å². The highest BCUT2D eigenvalue weighted by Crippen LogP contribution is 2.39. The van der Waals surface area contributed by atoms with Gasteiger partial charge in [0.2, 0.25) is 0 Å². The van der Waals surface area contributed by atoms with Crippen molar-refractivity contribution in [2.24, 2.45) is 0 Å². The van der Waals surface area contributed by atoms with Crippen molar-refractivity contribution in [1.29, 1.82) is 0 Å². The SMILES string of the molecule is CN[C@H]1CCN(c2ncnc3c4c(sc23)CCCC4)C1. The summed E-state index contributed by atoms with van der Waals surface area (Å²) in [5.41, 5.74) is 2.73. The minimum absolute atomic E-state index is 0.592. The largest absolute Gasteiger partial charge is 0.354 e. The van der Waals surface area contributed by atoms with Gasteiger partial charge >= 0.3 is 0 Å². The van der Waals surface area contributed by atoms with E-state index < -0.39 is 0 Å². The second kappa shape index (κ2) is 4.97. The molecule has 106 valence electrons. The molecule has 2 aromatic heterocycles. The molecule has 1 fully saturated rings. The lowest BCUT2D eigenvalue weighted by atomic mass is 9.98. The fraction of sp³-hybridized carbons (Fsp3) is 0.600. The van der Waals surface area contributed by atoms with Gasteiger partial charge in [0.25, 0.3) is 0 Å². The van der Waals surface area contributed by atoms with E-state index in [9.17, 15) is 0 Å². The van der Waals surface area contributed by atoms with Crippen LogP contribution < -0.4 is 10.2 Å². The van der Waals surface area contributed by atoms with E-state index in [1.807, 2.05) is 18.4 Å². The molecule has 1 N–H and O–H groups in total. The van der Waals surface area contributed by atoms with Crippen molar-refractivity contribution in [2.75, 3.05) is 25.0 Å². The van der Waals surface area contributed by atoms with Gasteiger partial charge in [0.05, 0.1) is 10.2 Å². The molecule has 0 unspecified atom stereocenters. The van der Waals surface area contributed by atoms with Crippen LogP contribution in [0.15, 0.2) is 6.33 Å². The van der Waals surface area contributed by atoms with E-state index in [-0.39, 0.29) is 0 Å². The summed E-state index contributed by atoms with van der Waals surface area (Å²) in [6.45, 7) is 2.16. The maximum Gasteiger partial charge on any atom is 0.150 e. The molecule has 1 atom stereocenters. The van der Waals surface area contributed by atoms with Gasteiger partial charge in [-0.15, -0.1) is 11.3 Å². The van der Waals surface area contributed by atoms with Crippen LogP contribution in [0.5, 0.6) is 0 Å². The maximum absolute atomic E-state index is 4.60. The summed E-state index contributed by atoms with van der Waals surface area (Å²) >= 11 is 1.93. The van der Waals surface area contributed by atoms with Crippen LogP contribution in [-0.2, 0) is 12.8 Å². The number of hydrogen-bond acceptors (Lipinski definition) is 5. The van der Waals surface area contributed by atoms with Crippen LogP contribution in [-0.4, -0.2) is 36.1 Å². The van der Waals surface area contributed by atoms with E-state index in [4.69, 9.17) is 0 Å². The van der Waals surface area contributed by atoms with E-state index in [0.29, 0.717) is 6.04 Å². The number of rotatable bonds is 2. The molecule has 1 aliphatic heterocycles. The number of nitrogens with one attached hydrogen (secondary N) is 1. The zero-order chi connectivity index (χ0) is 13.5. The van der Waals surface area contributed by atoms with Crippen molar-refractivity contribution in [3.63, 3.8) is 0 Å². The Balaban J connectivity index is 1.78. The average Bonchev–Trinajstić information content (AvgIpc) is 3.11. The van der Waals surface area contributed by atoms with Crippen LogP contribution in [0.2, 0.25) is 0 Å². The first-order valence-corrected chi connectivity index (χ1v) is 8.36. The fourth-order valence-electron chi connectivity index (χ4n) is 3.45. The monoisotopic (exact) mass is 288 g/mol. The van der Waals surface area contributed by atoms with Gasteiger partial charge in [-0.05, 0) is 44.7 Å². The van der Waals surface area contributed by atoms with Crippen LogP contribution in [0, 0.1) is 0 Å². The normalized spacial score (nSPS) is 22.4. The Morgan fingerprint density at radius 2 is 2.20 bits per heavy atom. The van der Waals surface area contributed by atoms with E-state index >= 15 is 0 Å². The molecule has 2 aromatic rings. The van der Waals surface area contributed by atoms with Crippen molar-refractivity contribution in [2.45, 2.75) is 38.1 Å². The molecule has 3 heterocycles. The topological polar surface area (TPSA) is 41.0 Å². The second-order valence-corrected chi connectivity index (χ2v) is 6.91. The zero-order valence-corrected chi connectivity index (χ0v) is 12.7. The summed E-state index contributed by atoms with van der Waals surface area (Å²) in [4.78, 5) is 13.2. The first kappa shape index (κ1) is 12.5. The minimum Gasteiger partial charge on any atom is -0.354 e. The molecule has 2 aliphatic rings. The first-order valence-electron chi connectivity index (χ1n) is 7.54. The van der Waals surface area contributed by atoms with Crippen molar-refractivity contribution < 1.29 is 0 Å². The number of likely N-dealkylation sites (N-methyl/N-ethyl adjacent to an activating group) is 1. The highest BCUT2D eigenvalue weighted by molar-refractivity contribution is 7.19. The number of nitrogens with zero attached hydrogens (tertiary/aromatic N) is 3. The Hall–Kier alpha value is -1.20. The highest BCUT2D eigenvalue weighted by atomic mass is 32.1. The van der Waals surface area contributed by atoms with Crippen molar-refractivity contribution >= 4 is 27.4 Å². The van der Waals surface area contributed by atoms with Gasteiger partial charge in [-0.3, -0.25) is 0 Å². The molecular formula is C15H20N4S. The molecule has 0 bridgehead atoms. The van der Waals surface area contributed by atoms with Crippen LogP contribution in [0.3, 0.4) is 0 Å². The first-order chi connectivity index (χ1) is 9.86. The number of thiophene rings is 1. The Labute approximate surface area is 123 Å². The quantitative estimate of drug-likeness (QED) is 0.921. The molecule has 20 heavy (non-hydrogen) atoms. The van der Waals surface area contributed by atoms with Gasteiger partial charge in [-0.1, -0.05) is 0 Å². The Kier molecular flexibility index (Phi) is 3.11. The maximum atomic E-state index is 4.60. The molecule has 0 aromatic carbocycles.